The summed E-state index contributed by atoms with van der Waals surface area (Å²) in [5.41, 5.74) is 4.92. The van der Waals surface area contributed by atoms with Crippen molar-refractivity contribution in [1.29, 1.82) is 0 Å². The molecule has 1 heterocycles. The Balaban J connectivity index is 1.68. The molecule has 0 aromatic heterocycles. The van der Waals surface area contributed by atoms with Crippen LogP contribution in [-0.4, -0.2) is 36.0 Å². The molecule has 1 unspecified atom stereocenters. The average Bonchev–Trinajstić information content (AvgIpc) is 3.15. The van der Waals surface area contributed by atoms with E-state index in [2.05, 4.69) is 39.9 Å². The van der Waals surface area contributed by atoms with Gasteiger partial charge in [-0.25, -0.2) is 0 Å². The minimum absolute atomic E-state index is 0.203. The summed E-state index contributed by atoms with van der Waals surface area (Å²) < 4.78 is 0. The first-order chi connectivity index (χ1) is 13.1. The Morgan fingerprint density at radius 1 is 1.07 bits per heavy atom. The zero-order chi connectivity index (χ0) is 19.1. The molecule has 1 aliphatic rings. The lowest BCUT2D eigenvalue weighted by Crippen LogP contribution is -2.37. The molecule has 7 heteroatoms. The molecule has 0 amide bonds. The molecule has 1 aliphatic heterocycles. The van der Waals surface area contributed by atoms with E-state index in [1.54, 1.807) is 4.90 Å². The molecule has 140 valence electrons. The van der Waals surface area contributed by atoms with Crippen molar-refractivity contribution in [2.75, 3.05) is 14.1 Å². The highest BCUT2D eigenvalue weighted by molar-refractivity contribution is 5.80. The predicted molar refractivity (Wildman–Crippen MR) is 106 cm³/mol. The molecule has 0 bridgehead atoms. The molecule has 2 aromatic carbocycles. The molecular formula is C20H24N6O. The van der Waals surface area contributed by atoms with Crippen LogP contribution < -0.4 is 5.59 Å². The van der Waals surface area contributed by atoms with Gasteiger partial charge in [0.2, 0.25) is 5.96 Å². The Bertz CT molecular complexity index is 817. The van der Waals surface area contributed by atoms with Crippen LogP contribution in [0.2, 0.25) is 0 Å². The molecule has 7 nitrogen and oxygen atoms in total. The number of benzene rings is 2. The minimum Gasteiger partial charge on any atom is -0.367 e. The third-order valence-electron chi connectivity index (χ3n) is 3.98. The lowest BCUT2D eigenvalue weighted by molar-refractivity contribution is 0.00201. The van der Waals surface area contributed by atoms with E-state index < -0.39 is 0 Å². The van der Waals surface area contributed by atoms with Crippen molar-refractivity contribution in [2.24, 2.45) is 15.2 Å². The molecule has 1 atom stereocenters. The molecule has 0 saturated carbocycles. The third-order valence-corrected chi connectivity index (χ3v) is 3.98. The molecule has 0 saturated heterocycles. The van der Waals surface area contributed by atoms with Crippen molar-refractivity contribution in [2.45, 2.75) is 19.4 Å². The zero-order valence-electron chi connectivity index (χ0n) is 15.8. The van der Waals surface area contributed by atoms with Crippen LogP contribution in [0.1, 0.15) is 12.5 Å². The van der Waals surface area contributed by atoms with Crippen LogP contribution in [0.25, 0.3) is 0 Å². The summed E-state index contributed by atoms with van der Waals surface area (Å²) in [6.07, 6.45) is 2.72. The van der Waals surface area contributed by atoms with Gasteiger partial charge in [-0.05, 0) is 31.0 Å². The van der Waals surface area contributed by atoms with E-state index in [0.717, 1.165) is 12.1 Å². The molecular weight excluding hydrogens is 340 g/mol. The van der Waals surface area contributed by atoms with Crippen molar-refractivity contribution in [3.05, 3.63) is 78.3 Å². The first-order valence-electron chi connectivity index (χ1n) is 8.81. The Morgan fingerprint density at radius 3 is 2.41 bits per heavy atom. The first kappa shape index (κ1) is 18.6. The summed E-state index contributed by atoms with van der Waals surface area (Å²) in [5, 5.41) is 10.3. The monoisotopic (exact) mass is 364 g/mol. The van der Waals surface area contributed by atoms with Crippen LogP contribution in [0, 0.1) is 0 Å². The second kappa shape index (κ2) is 8.95. The van der Waals surface area contributed by atoms with Gasteiger partial charge < -0.3 is 9.74 Å². The van der Waals surface area contributed by atoms with E-state index in [-0.39, 0.29) is 6.04 Å². The predicted octanol–water partition coefficient (Wildman–Crippen LogP) is 3.87. The lowest BCUT2D eigenvalue weighted by atomic mass is 10.1. The number of guanidine groups is 1. The Kier molecular flexibility index (Phi) is 6.17. The highest BCUT2D eigenvalue weighted by Crippen LogP contribution is 2.16. The molecule has 0 fully saturated rings. The lowest BCUT2D eigenvalue weighted by Gasteiger charge is -2.21. The van der Waals surface area contributed by atoms with Gasteiger partial charge in [-0.3, -0.25) is 5.01 Å². The number of hydrogen-bond donors (Lipinski definition) is 1. The van der Waals surface area contributed by atoms with Crippen LogP contribution in [0.5, 0.6) is 0 Å². The molecule has 0 spiro atoms. The van der Waals surface area contributed by atoms with Crippen molar-refractivity contribution in [3.8, 4) is 0 Å². The van der Waals surface area contributed by atoms with E-state index in [1.165, 1.54) is 5.56 Å². The van der Waals surface area contributed by atoms with E-state index in [1.807, 2.05) is 73.8 Å². The number of nitrogens with one attached hydrogen (secondary N) is 1. The van der Waals surface area contributed by atoms with Gasteiger partial charge in [-0.2, -0.15) is 4.99 Å². The zero-order valence-corrected chi connectivity index (χ0v) is 15.8. The standard InChI is InChI=1S/C20H24N6O/c1-16(14-17-10-6-4-7-11-17)26-15-19(27-24-26)21-20(25(2)3)23-22-18-12-8-5-9-13-18/h4-13,15-16,24H,14H2,1-3H3/b21-20+,23-22?. The Morgan fingerprint density at radius 2 is 1.74 bits per heavy atom. The summed E-state index contributed by atoms with van der Waals surface area (Å²) >= 11 is 0. The summed E-state index contributed by atoms with van der Waals surface area (Å²) in [6, 6.07) is 20.1. The fourth-order valence-corrected chi connectivity index (χ4v) is 2.50. The number of azo groups is 1. The molecule has 0 aliphatic carbocycles. The van der Waals surface area contributed by atoms with E-state index in [9.17, 15) is 0 Å². The van der Waals surface area contributed by atoms with Crippen molar-refractivity contribution < 1.29 is 4.84 Å². The number of hydrogen-bond acceptors (Lipinski definition) is 5. The van der Waals surface area contributed by atoms with Gasteiger partial charge >= 0.3 is 0 Å². The van der Waals surface area contributed by atoms with Crippen LogP contribution in [0.15, 0.2) is 88.0 Å². The van der Waals surface area contributed by atoms with Crippen molar-refractivity contribution >= 4 is 11.6 Å². The molecule has 27 heavy (non-hydrogen) atoms. The fraction of sp³-hybridized carbons (Fsp3) is 0.250. The van der Waals surface area contributed by atoms with Crippen LogP contribution >= 0.6 is 0 Å². The fourth-order valence-electron chi connectivity index (χ4n) is 2.50. The topological polar surface area (TPSA) is 64.8 Å². The average molecular weight is 364 g/mol. The van der Waals surface area contributed by atoms with Gasteiger partial charge in [-0.1, -0.05) is 54.1 Å². The smallest absolute Gasteiger partial charge is 0.261 e. The Hall–Kier alpha value is -3.19. The van der Waals surface area contributed by atoms with Gasteiger partial charge in [0.05, 0.1) is 11.9 Å². The maximum Gasteiger partial charge on any atom is 0.261 e. The number of nitrogens with zero attached hydrogens (tertiary/aromatic N) is 5. The van der Waals surface area contributed by atoms with Crippen molar-refractivity contribution in [3.63, 3.8) is 0 Å². The second-order valence-corrected chi connectivity index (χ2v) is 6.45. The van der Waals surface area contributed by atoms with Gasteiger partial charge in [0.15, 0.2) is 0 Å². The summed E-state index contributed by atoms with van der Waals surface area (Å²) in [6.45, 7) is 2.12. The largest absolute Gasteiger partial charge is 0.367 e. The number of rotatable bonds is 5. The maximum absolute atomic E-state index is 5.48. The molecule has 2 aromatic rings. The van der Waals surface area contributed by atoms with Gasteiger partial charge in [0.1, 0.15) is 0 Å². The minimum atomic E-state index is 0.203. The summed E-state index contributed by atoms with van der Waals surface area (Å²) in [5.74, 6) is 0.884. The van der Waals surface area contributed by atoms with Gasteiger partial charge in [-0.15, -0.1) is 10.2 Å². The normalized spacial score (nSPS) is 15.6. The van der Waals surface area contributed by atoms with Crippen LogP contribution in [-0.2, 0) is 11.3 Å². The highest BCUT2D eigenvalue weighted by Gasteiger charge is 2.20. The molecule has 1 N–H and O–H groups in total. The van der Waals surface area contributed by atoms with Crippen molar-refractivity contribution in [1.82, 2.24) is 15.5 Å². The quantitative estimate of drug-likeness (QED) is 0.497. The second-order valence-electron chi connectivity index (χ2n) is 6.45. The third kappa shape index (κ3) is 5.39. The summed E-state index contributed by atoms with van der Waals surface area (Å²) in [7, 11) is 3.73. The van der Waals surface area contributed by atoms with E-state index in [0.29, 0.717) is 11.8 Å². The maximum atomic E-state index is 5.48. The SMILES string of the molecule is CC(Cc1ccccc1)N1C=C(/N=C(\N=Nc2ccccc2)N(C)C)ON1. The first-order valence-corrected chi connectivity index (χ1v) is 8.81. The van der Waals surface area contributed by atoms with E-state index >= 15 is 0 Å². The Labute approximate surface area is 159 Å². The van der Waals surface area contributed by atoms with E-state index in [4.69, 9.17) is 4.84 Å². The number of hydrazine groups is 1. The highest BCUT2D eigenvalue weighted by atomic mass is 16.7. The van der Waals surface area contributed by atoms with Gasteiger partial charge in [0, 0.05) is 20.1 Å². The summed E-state index contributed by atoms with van der Waals surface area (Å²) in [4.78, 5) is 11.7. The molecule has 3 rings (SSSR count). The van der Waals surface area contributed by atoms with Crippen LogP contribution in [0.3, 0.4) is 0 Å². The number of aliphatic imine (C=N–C) groups is 1. The molecule has 0 radical (unpaired) electrons. The van der Waals surface area contributed by atoms with Gasteiger partial charge in [0.25, 0.3) is 5.88 Å². The van der Waals surface area contributed by atoms with Crippen LogP contribution in [0.4, 0.5) is 5.69 Å².